The van der Waals surface area contributed by atoms with E-state index in [0.717, 1.165) is 6.07 Å². The van der Waals surface area contributed by atoms with E-state index in [9.17, 15) is 19.2 Å². The Morgan fingerprint density at radius 2 is 2.03 bits per heavy atom. The molecule has 0 saturated carbocycles. The van der Waals surface area contributed by atoms with Crippen molar-refractivity contribution in [2.45, 2.75) is 39.3 Å². The van der Waals surface area contributed by atoms with Gasteiger partial charge in [0.15, 0.2) is 0 Å². The monoisotopic (exact) mass is 442 g/mol. The topological polar surface area (TPSA) is 97.0 Å². The van der Waals surface area contributed by atoms with E-state index in [2.05, 4.69) is 10.3 Å². The summed E-state index contributed by atoms with van der Waals surface area (Å²) >= 11 is 6.07. The lowest BCUT2D eigenvalue weighted by molar-refractivity contribution is 0.0505. The number of nitrogens with one attached hydrogen (secondary N) is 1. The van der Waals surface area contributed by atoms with Gasteiger partial charge in [-0.3, -0.25) is 9.36 Å². The first-order valence-corrected chi connectivity index (χ1v) is 9.80. The minimum Gasteiger partial charge on any atom is -0.444 e. The van der Waals surface area contributed by atoms with Gasteiger partial charge < -0.3 is 10.1 Å². The molecule has 1 aromatic heterocycles. The van der Waals surface area contributed by atoms with E-state index in [4.69, 9.17) is 16.3 Å². The van der Waals surface area contributed by atoms with Crippen LogP contribution in [-0.4, -0.2) is 21.2 Å². The predicted molar refractivity (Wildman–Crippen MR) is 115 cm³/mol. The largest absolute Gasteiger partial charge is 0.444 e. The quantitative estimate of drug-likeness (QED) is 0.637. The summed E-state index contributed by atoms with van der Waals surface area (Å²) in [5.41, 5.74) is -0.526. The van der Waals surface area contributed by atoms with E-state index in [1.165, 1.54) is 16.7 Å². The Morgan fingerprint density at radius 1 is 1.32 bits per heavy atom. The lowest BCUT2D eigenvalue weighted by atomic mass is 10.1. The molecule has 0 unspecified atom stereocenters. The molecule has 3 aromatic rings. The Hall–Kier alpha value is -3.44. The molecular formula is C22H20ClFN4O3. The summed E-state index contributed by atoms with van der Waals surface area (Å²) in [4.78, 5) is 30.1. The molecule has 160 valence electrons. The number of carbonyl (C=O) groups is 1. The summed E-state index contributed by atoms with van der Waals surface area (Å²) in [7, 11) is 0. The highest BCUT2D eigenvalue weighted by atomic mass is 35.5. The van der Waals surface area contributed by atoms with Crippen molar-refractivity contribution < 1.29 is 13.9 Å². The maximum Gasteiger partial charge on any atom is 0.408 e. The smallest absolute Gasteiger partial charge is 0.408 e. The van der Waals surface area contributed by atoms with Gasteiger partial charge >= 0.3 is 6.09 Å². The van der Waals surface area contributed by atoms with Crippen LogP contribution in [0.15, 0.2) is 41.2 Å². The number of hydrogen-bond acceptors (Lipinski definition) is 5. The normalized spacial score (nSPS) is 12.3. The zero-order valence-electron chi connectivity index (χ0n) is 17.4. The summed E-state index contributed by atoms with van der Waals surface area (Å²) < 4.78 is 20.5. The van der Waals surface area contributed by atoms with Gasteiger partial charge in [0.25, 0.3) is 5.56 Å². The highest BCUT2D eigenvalue weighted by molar-refractivity contribution is 6.35. The summed E-state index contributed by atoms with van der Waals surface area (Å²) in [5, 5.41) is 11.4. The van der Waals surface area contributed by atoms with Gasteiger partial charge in [-0.15, -0.1) is 0 Å². The predicted octanol–water partition coefficient (Wildman–Crippen LogP) is 4.64. The van der Waals surface area contributed by atoms with Gasteiger partial charge in [-0.25, -0.2) is 14.2 Å². The molecule has 0 aliphatic heterocycles. The minimum absolute atomic E-state index is 0.0998. The van der Waals surface area contributed by atoms with Crippen LogP contribution in [0.4, 0.5) is 9.18 Å². The maximum atomic E-state index is 14.0. The Balaban J connectivity index is 2.24. The zero-order valence-corrected chi connectivity index (χ0v) is 18.1. The lowest BCUT2D eigenvalue weighted by Crippen LogP contribution is -2.37. The van der Waals surface area contributed by atoms with E-state index < -0.39 is 29.1 Å². The number of halogens is 2. The van der Waals surface area contributed by atoms with E-state index in [0.29, 0.717) is 11.3 Å². The van der Waals surface area contributed by atoms with Crippen molar-refractivity contribution in [1.82, 2.24) is 14.9 Å². The highest BCUT2D eigenvalue weighted by Crippen LogP contribution is 2.25. The highest BCUT2D eigenvalue weighted by Gasteiger charge is 2.24. The van der Waals surface area contributed by atoms with Crippen molar-refractivity contribution >= 4 is 28.6 Å². The number of aromatic nitrogens is 2. The van der Waals surface area contributed by atoms with Gasteiger partial charge in [0.2, 0.25) is 0 Å². The molecule has 1 amide bonds. The summed E-state index contributed by atoms with van der Waals surface area (Å²) in [5.74, 6) is -0.584. The third kappa shape index (κ3) is 4.67. The third-order valence-electron chi connectivity index (χ3n) is 4.31. The molecule has 3 rings (SSSR count). The SMILES string of the molecule is C[C@H](NC(=O)OC(C)(C)C)c1nc2ccc(F)c(Cl)c2c(=O)n1-c1cccc(C#N)c1. The van der Waals surface area contributed by atoms with Crippen molar-refractivity contribution in [1.29, 1.82) is 5.26 Å². The molecule has 0 saturated heterocycles. The van der Waals surface area contributed by atoms with Gasteiger partial charge in [0.1, 0.15) is 17.2 Å². The fourth-order valence-corrected chi connectivity index (χ4v) is 3.27. The molecule has 31 heavy (non-hydrogen) atoms. The van der Waals surface area contributed by atoms with Crippen molar-refractivity contribution in [3.05, 3.63) is 69.0 Å². The van der Waals surface area contributed by atoms with Gasteiger partial charge in [0.05, 0.1) is 39.3 Å². The Morgan fingerprint density at radius 3 is 2.68 bits per heavy atom. The molecule has 0 spiro atoms. The number of hydrogen-bond donors (Lipinski definition) is 1. The standard InChI is InChI=1S/C22H20ClFN4O3/c1-12(26-21(30)31-22(2,3)4)19-27-16-9-8-15(24)18(23)17(16)20(29)28(19)14-7-5-6-13(10-14)11-25/h5-10,12H,1-4H3,(H,26,30)/t12-/m0/s1. The second-order valence-corrected chi connectivity index (χ2v) is 8.27. The number of amides is 1. The van der Waals surface area contributed by atoms with Crippen LogP contribution < -0.4 is 10.9 Å². The minimum atomic E-state index is -0.762. The molecule has 0 aliphatic rings. The number of fused-ring (bicyclic) bond motifs is 1. The van der Waals surface area contributed by atoms with Gasteiger partial charge in [-0.05, 0) is 58.0 Å². The summed E-state index contributed by atoms with van der Waals surface area (Å²) in [6.07, 6.45) is -0.691. The van der Waals surface area contributed by atoms with Crippen LogP contribution in [0.5, 0.6) is 0 Å². The zero-order chi connectivity index (χ0) is 22.9. The van der Waals surface area contributed by atoms with E-state index in [1.807, 2.05) is 6.07 Å². The number of nitrogens with zero attached hydrogens (tertiary/aromatic N) is 3. The summed E-state index contributed by atoms with van der Waals surface area (Å²) in [6, 6.07) is 9.99. The van der Waals surface area contributed by atoms with Crippen molar-refractivity contribution in [3.63, 3.8) is 0 Å². The van der Waals surface area contributed by atoms with Crippen molar-refractivity contribution in [3.8, 4) is 11.8 Å². The number of rotatable bonds is 3. The molecule has 0 radical (unpaired) electrons. The lowest BCUT2D eigenvalue weighted by Gasteiger charge is -2.23. The van der Waals surface area contributed by atoms with E-state index in [1.54, 1.807) is 45.9 Å². The second kappa shape index (κ2) is 8.36. The molecule has 0 fully saturated rings. The Bertz CT molecular complexity index is 1270. The molecule has 0 aliphatic carbocycles. The van der Waals surface area contributed by atoms with Gasteiger partial charge in [-0.1, -0.05) is 17.7 Å². The van der Waals surface area contributed by atoms with Crippen LogP contribution in [0, 0.1) is 17.1 Å². The molecule has 1 N–H and O–H groups in total. The fraction of sp³-hybridized carbons (Fsp3) is 0.273. The fourth-order valence-electron chi connectivity index (χ4n) is 3.03. The first kappa shape index (κ1) is 22.2. The number of ether oxygens (including phenoxy) is 1. The van der Waals surface area contributed by atoms with Crippen LogP contribution in [0.1, 0.15) is 45.1 Å². The van der Waals surface area contributed by atoms with Crippen molar-refractivity contribution in [2.75, 3.05) is 0 Å². The number of nitriles is 1. The van der Waals surface area contributed by atoms with Crippen LogP contribution in [0.2, 0.25) is 5.02 Å². The molecule has 2 aromatic carbocycles. The summed E-state index contributed by atoms with van der Waals surface area (Å²) in [6.45, 7) is 6.81. The molecule has 9 heteroatoms. The van der Waals surface area contributed by atoms with E-state index >= 15 is 0 Å². The third-order valence-corrected chi connectivity index (χ3v) is 4.68. The van der Waals surface area contributed by atoms with E-state index in [-0.39, 0.29) is 21.7 Å². The van der Waals surface area contributed by atoms with Gasteiger partial charge in [-0.2, -0.15) is 5.26 Å². The van der Waals surface area contributed by atoms with Crippen LogP contribution in [0.3, 0.4) is 0 Å². The van der Waals surface area contributed by atoms with Crippen molar-refractivity contribution in [2.24, 2.45) is 0 Å². The molecule has 7 nitrogen and oxygen atoms in total. The molecule has 1 heterocycles. The average molecular weight is 443 g/mol. The first-order valence-electron chi connectivity index (χ1n) is 9.42. The number of carbonyl (C=O) groups excluding carboxylic acids is 1. The maximum absolute atomic E-state index is 14.0. The Labute approximate surface area is 183 Å². The van der Waals surface area contributed by atoms with Crippen LogP contribution >= 0.6 is 11.6 Å². The molecule has 1 atom stereocenters. The molecular weight excluding hydrogens is 423 g/mol. The average Bonchev–Trinajstić information content (AvgIpc) is 2.68. The van der Waals surface area contributed by atoms with Crippen LogP contribution in [-0.2, 0) is 4.74 Å². The Kier molecular flexibility index (Phi) is 6.00. The van der Waals surface area contributed by atoms with Crippen LogP contribution in [0.25, 0.3) is 16.6 Å². The molecule has 0 bridgehead atoms. The van der Waals surface area contributed by atoms with Gasteiger partial charge in [0, 0.05) is 0 Å². The first-order chi connectivity index (χ1) is 14.5. The second-order valence-electron chi connectivity index (χ2n) is 7.90. The number of alkyl carbamates (subject to hydrolysis) is 1. The number of benzene rings is 2.